The Kier molecular flexibility index (Phi) is 7.30. The number of alkyl halides is 3. The Balaban J connectivity index is 1.24. The summed E-state index contributed by atoms with van der Waals surface area (Å²) in [7, 11) is 0. The number of carbonyl (C=O) groups excluding carboxylic acids is 1. The zero-order valence-corrected chi connectivity index (χ0v) is 19.6. The number of ether oxygens (including phenoxy) is 3. The topological polar surface area (TPSA) is 94.8 Å². The number of aliphatic hydroxyl groups excluding tert-OH is 1. The average molecular weight is 516 g/mol. The number of allylic oxidation sites excluding steroid dienone is 1. The monoisotopic (exact) mass is 515 g/mol. The molecule has 2 aromatic rings. The number of hydrogen-bond donors (Lipinski definition) is 2. The van der Waals surface area contributed by atoms with Crippen LogP contribution in [0.15, 0.2) is 42.9 Å². The van der Waals surface area contributed by atoms with E-state index in [4.69, 9.17) is 21.1 Å². The summed E-state index contributed by atoms with van der Waals surface area (Å²) in [6, 6.07) is 4.65. The van der Waals surface area contributed by atoms with Crippen LogP contribution in [-0.4, -0.2) is 45.5 Å². The van der Waals surface area contributed by atoms with Gasteiger partial charge in [0.15, 0.2) is 11.9 Å². The van der Waals surface area contributed by atoms with Crippen molar-refractivity contribution >= 4 is 17.5 Å². The highest BCUT2D eigenvalue weighted by molar-refractivity contribution is 6.30. The lowest BCUT2D eigenvalue weighted by Gasteiger charge is -2.34. The van der Waals surface area contributed by atoms with Crippen molar-refractivity contribution in [2.24, 2.45) is 0 Å². The fraction of sp³-hybridized carbons (Fsp3) is 0.478. The molecule has 1 saturated carbocycles. The molecule has 1 aliphatic heterocycles. The molecule has 0 bridgehead atoms. The summed E-state index contributed by atoms with van der Waals surface area (Å²) in [6.07, 6.45) is -3.80. The molecule has 190 valence electrons. The lowest BCUT2D eigenvalue weighted by atomic mass is 9.92. The first kappa shape index (κ1) is 25.3. The maximum Gasteiger partial charge on any atom is 0.522 e. The van der Waals surface area contributed by atoms with E-state index in [0.29, 0.717) is 34.2 Å². The van der Waals surface area contributed by atoms with Gasteiger partial charge < -0.3 is 19.9 Å². The summed E-state index contributed by atoms with van der Waals surface area (Å²) in [6.45, 7) is 5.77. The third-order valence-electron chi connectivity index (χ3n) is 5.86. The standard InChI is InChI=1S/C23H25ClF3N3O5/c1-12(29-22(32)21-9-19(31)18-6-14(24)3-4-20(18)34-21)5-13(2)30-11-17(10-28-30)33-15-7-16(8-15)35-23(25,26)27/h3-4,6,10-11,13,15-16,19,21,31H,1,5,7-9H2,2H3,(H,29,32). The van der Waals surface area contributed by atoms with Gasteiger partial charge in [-0.1, -0.05) is 18.2 Å². The van der Waals surface area contributed by atoms with E-state index in [0.717, 1.165) is 0 Å². The predicted octanol–water partition coefficient (Wildman–Crippen LogP) is 4.45. The number of hydrogen-bond acceptors (Lipinski definition) is 6. The van der Waals surface area contributed by atoms with Crippen molar-refractivity contribution in [3.8, 4) is 11.5 Å². The summed E-state index contributed by atoms with van der Waals surface area (Å²) in [5, 5.41) is 17.8. The Labute approximate surface area is 204 Å². The summed E-state index contributed by atoms with van der Waals surface area (Å²) in [4.78, 5) is 12.7. The second-order valence-corrected chi connectivity index (χ2v) is 9.18. The van der Waals surface area contributed by atoms with Crippen LogP contribution in [-0.2, 0) is 9.53 Å². The van der Waals surface area contributed by atoms with Crippen molar-refractivity contribution in [2.45, 2.75) is 69.4 Å². The van der Waals surface area contributed by atoms with Crippen LogP contribution in [0.5, 0.6) is 11.5 Å². The van der Waals surface area contributed by atoms with Gasteiger partial charge in [-0.25, -0.2) is 0 Å². The maximum atomic E-state index is 12.7. The van der Waals surface area contributed by atoms with Crippen LogP contribution in [0.1, 0.15) is 50.3 Å². The molecule has 1 amide bonds. The lowest BCUT2D eigenvalue weighted by molar-refractivity contribution is -0.355. The third-order valence-corrected chi connectivity index (χ3v) is 6.09. The van der Waals surface area contributed by atoms with Crippen LogP contribution < -0.4 is 14.8 Å². The van der Waals surface area contributed by atoms with Gasteiger partial charge in [0, 0.05) is 42.0 Å². The predicted molar refractivity (Wildman–Crippen MR) is 119 cm³/mol. The molecule has 3 atom stereocenters. The van der Waals surface area contributed by atoms with Crippen molar-refractivity contribution in [1.29, 1.82) is 0 Å². The normalized spacial score (nSPS) is 24.5. The highest BCUT2D eigenvalue weighted by atomic mass is 35.5. The molecule has 1 aliphatic carbocycles. The average Bonchev–Trinajstić information content (AvgIpc) is 3.20. The molecular formula is C23H25ClF3N3O5. The molecule has 0 spiro atoms. The fourth-order valence-electron chi connectivity index (χ4n) is 4.05. The number of halogens is 4. The molecule has 2 aliphatic rings. The first-order chi connectivity index (χ1) is 16.5. The number of fused-ring (bicyclic) bond motifs is 1. The maximum absolute atomic E-state index is 12.7. The van der Waals surface area contributed by atoms with E-state index >= 15 is 0 Å². The second-order valence-electron chi connectivity index (χ2n) is 8.74. The van der Waals surface area contributed by atoms with E-state index in [1.54, 1.807) is 29.1 Å². The Bertz CT molecular complexity index is 1090. The summed E-state index contributed by atoms with van der Waals surface area (Å²) in [5.41, 5.74) is 0.975. The van der Waals surface area contributed by atoms with Gasteiger partial charge in [0.1, 0.15) is 11.9 Å². The number of benzene rings is 1. The molecule has 0 radical (unpaired) electrons. The van der Waals surface area contributed by atoms with E-state index in [1.807, 2.05) is 6.92 Å². The molecule has 3 unspecified atom stereocenters. The number of carbonyl (C=O) groups is 1. The second kappa shape index (κ2) is 10.1. The smallest absolute Gasteiger partial charge is 0.487 e. The number of nitrogens with zero attached hydrogens (tertiary/aromatic N) is 2. The van der Waals surface area contributed by atoms with Gasteiger partial charge in [-0.3, -0.25) is 14.2 Å². The zero-order chi connectivity index (χ0) is 25.3. The highest BCUT2D eigenvalue weighted by Crippen LogP contribution is 2.37. The van der Waals surface area contributed by atoms with E-state index in [1.165, 1.54) is 6.20 Å². The first-order valence-electron chi connectivity index (χ1n) is 11.0. The zero-order valence-electron chi connectivity index (χ0n) is 18.8. The minimum atomic E-state index is -4.64. The van der Waals surface area contributed by atoms with Gasteiger partial charge in [0.25, 0.3) is 5.91 Å². The van der Waals surface area contributed by atoms with E-state index in [2.05, 4.69) is 21.7 Å². The summed E-state index contributed by atoms with van der Waals surface area (Å²) in [5.74, 6) is 0.413. The molecule has 1 aromatic heterocycles. The Morgan fingerprint density at radius 2 is 2.11 bits per heavy atom. The quantitative estimate of drug-likeness (QED) is 0.539. The van der Waals surface area contributed by atoms with Crippen molar-refractivity contribution in [3.63, 3.8) is 0 Å². The van der Waals surface area contributed by atoms with Gasteiger partial charge in [-0.15, -0.1) is 13.2 Å². The minimum absolute atomic E-state index is 0.0812. The molecule has 12 heteroatoms. The number of nitrogens with one attached hydrogen (secondary N) is 1. The molecule has 1 fully saturated rings. The fourth-order valence-corrected chi connectivity index (χ4v) is 4.23. The molecule has 1 aromatic carbocycles. The van der Waals surface area contributed by atoms with Crippen LogP contribution in [0.25, 0.3) is 0 Å². The van der Waals surface area contributed by atoms with Gasteiger partial charge in [0.05, 0.1) is 30.6 Å². The molecule has 2 heterocycles. The number of rotatable bonds is 8. The number of amides is 1. The van der Waals surface area contributed by atoms with Crippen LogP contribution >= 0.6 is 11.6 Å². The molecule has 4 rings (SSSR count). The highest BCUT2D eigenvalue weighted by Gasteiger charge is 2.41. The molecule has 2 N–H and O–H groups in total. The minimum Gasteiger partial charge on any atom is -0.487 e. The summed E-state index contributed by atoms with van der Waals surface area (Å²) >= 11 is 5.96. The SMILES string of the molecule is C=C(CC(C)n1cc(OC2CC(OC(F)(F)F)C2)cn1)NC(=O)C1CC(O)c2cc(Cl)ccc2O1. The third kappa shape index (κ3) is 6.47. The molecule has 8 nitrogen and oxygen atoms in total. The van der Waals surface area contributed by atoms with Crippen LogP contribution in [0.4, 0.5) is 13.2 Å². The van der Waals surface area contributed by atoms with Crippen molar-refractivity contribution in [2.75, 3.05) is 0 Å². The van der Waals surface area contributed by atoms with Crippen LogP contribution in [0, 0.1) is 0 Å². The molecule has 35 heavy (non-hydrogen) atoms. The lowest BCUT2D eigenvalue weighted by Crippen LogP contribution is -2.42. The Morgan fingerprint density at radius 3 is 2.83 bits per heavy atom. The molecule has 0 saturated heterocycles. The van der Waals surface area contributed by atoms with Crippen molar-refractivity contribution in [1.82, 2.24) is 15.1 Å². The molecular weight excluding hydrogens is 491 g/mol. The number of aliphatic hydroxyl groups is 1. The first-order valence-corrected chi connectivity index (χ1v) is 11.4. The Hall–Kier alpha value is -2.76. The van der Waals surface area contributed by atoms with Crippen LogP contribution in [0.3, 0.4) is 0 Å². The van der Waals surface area contributed by atoms with Crippen molar-refractivity contribution in [3.05, 3.63) is 53.5 Å². The Morgan fingerprint density at radius 1 is 1.37 bits per heavy atom. The van der Waals surface area contributed by atoms with E-state index < -0.39 is 30.6 Å². The van der Waals surface area contributed by atoms with Crippen LogP contribution in [0.2, 0.25) is 5.02 Å². The largest absolute Gasteiger partial charge is 0.522 e. The van der Waals surface area contributed by atoms with E-state index in [-0.39, 0.29) is 31.4 Å². The van der Waals surface area contributed by atoms with Gasteiger partial charge in [-0.2, -0.15) is 5.10 Å². The summed E-state index contributed by atoms with van der Waals surface area (Å²) < 4.78 is 53.6. The van der Waals surface area contributed by atoms with Gasteiger partial charge in [0.2, 0.25) is 0 Å². The van der Waals surface area contributed by atoms with Gasteiger partial charge >= 0.3 is 6.36 Å². The van der Waals surface area contributed by atoms with Gasteiger partial charge in [-0.05, 0) is 25.1 Å². The van der Waals surface area contributed by atoms with Crippen molar-refractivity contribution < 1.29 is 37.3 Å². The van der Waals surface area contributed by atoms with E-state index in [9.17, 15) is 23.1 Å². The number of aromatic nitrogens is 2.